The molecule has 0 aliphatic carbocycles. The quantitative estimate of drug-likeness (QED) is 0.0877. The maximum atomic E-state index is 15.8. The molecule has 0 saturated carbocycles. The van der Waals surface area contributed by atoms with Crippen LogP contribution in [0, 0.1) is 111 Å². The lowest BCUT2D eigenvalue weighted by molar-refractivity contribution is 0.379. The summed E-state index contributed by atoms with van der Waals surface area (Å²) in [6.07, 6.45) is -11.3. The van der Waals surface area contributed by atoms with E-state index in [0.29, 0.717) is 0 Å². The third-order valence-corrected chi connectivity index (χ3v) is 7.15. The van der Waals surface area contributed by atoms with E-state index in [9.17, 15) is 52.7 Å². The van der Waals surface area contributed by atoms with Gasteiger partial charge in [-0.1, -0.05) is 0 Å². The predicted octanol–water partition coefficient (Wildman–Crippen LogP) is 7.24. The van der Waals surface area contributed by atoms with Gasteiger partial charge in [0.05, 0.1) is 5.56 Å². The van der Waals surface area contributed by atoms with E-state index in [1.54, 1.807) is 0 Å². The summed E-state index contributed by atoms with van der Waals surface area (Å²) in [6, 6.07) is 0. The lowest BCUT2D eigenvalue weighted by Gasteiger charge is -2.45. The molecule has 4 rings (SSSR count). The van der Waals surface area contributed by atoms with Crippen LogP contribution in [0.1, 0.15) is 5.56 Å². The van der Waals surface area contributed by atoms with Gasteiger partial charge in [-0.05, 0) is 0 Å². The van der Waals surface area contributed by atoms with Crippen LogP contribution in [0.2, 0.25) is 0 Å². The van der Waals surface area contributed by atoms with E-state index in [4.69, 9.17) is 0 Å². The van der Waals surface area contributed by atoms with Gasteiger partial charge in [0.1, 0.15) is 52.7 Å². The molecule has 4 aromatic rings. The summed E-state index contributed by atoms with van der Waals surface area (Å²) in [7, 11) is 0. The van der Waals surface area contributed by atoms with Crippen LogP contribution in [0.3, 0.4) is 0 Å². The normalized spacial score (nSPS) is 11.9. The van der Waals surface area contributed by atoms with Crippen LogP contribution in [-0.2, 0) is 0 Å². The maximum Gasteiger partial charge on any atom is 0.306 e. The third-order valence-electron chi connectivity index (χ3n) is 7.15. The van der Waals surface area contributed by atoms with E-state index in [1.807, 2.05) is 0 Å². The van der Waals surface area contributed by atoms with Crippen LogP contribution in [0.25, 0.3) is 5.83 Å². The van der Waals surface area contributed by atoms with E-state index >= 15 is 43.9 Å². The zero-order chi connectivity index (χ0) is 37.5. The first-order valence-electron chi connectivity index (χ1n) is 11.8. The number of benzene rings is 4. The average molecular weight is 741 g/mol. The van der Waals surface area contributed by atoms with E-state index in [0.717, 1.165) is 0 Å². The fraction of sp³-hybridized carbons (Fsp3) is 0. The Labute approximate surface area is 253 Å². The van der Waals surface area contributed by atoms with E-state index in [2.05, 4.69) is 0 Å². The van der Waals surface area contributed by atoms with Crippen molar-refractivity contribution >= 4 is 33.8 Å². The van der Waals surface area contributed by atoms with Crippen LogP contribution >= 0.6 is 0 Å². The lowest BCUT2D eigenvalue weighted by atomic mass is 9.12. The molecule has 23 heteroatoms. The van der Waals surface area contributed by atoms with E-state index < -0.39 is 156 Å². The van der Waals surface area contributed by atoms with E-state index in [-0.39, 0.29) is 0 Å². The Hall–Kier alpha value is -4.86. The molecule has 0 saturated heterocycles. The number of rotatable bonds is 5. The predicted molar refractivity (Wildman–Crippen MR) is 120 cm³/mol. The highest BCUT2D eigenvalue weighted by molar-refractivity contribution is 7.20. The monoisotopic (exact) mass is 741 g/mol. The number of halogens is 22. The topological polar surface area (TPSA) is 0 Å². The molecule has 0 spiro atoms. The Morgan fingerprint density at radius 3 is 0.592 bits per heavy atom. The summed E-state index contributed by atoms with van der Waals surface area (Å²) in [6.45, 7) is 0. The molecule has 0 radical (unpaired) electrons. The summed E-state index contributed by atoms with van der Waals surface area (Å²) in [4.78, 5) is 0. The number of hydrogen-bond donors (Lipinski definition) is 0. The van der Waals surface area contributed by atoms with Crippen LogP contribution in [0.15, 0.2) is 6.08 Å². The zero-order valence-corrected chi connectivity index (χ0v) is 21.9. The molecule has 0 fully saturated rings. The fourth-order valence-electron chi connectivity index (χ4n) is 5.19. The zero-order valence-electron chi connectivity index (χ0n) is 21.9. The minimum absolute atomic E-state index is 3.25. The van der Waals surface area contributed by atoms with Gasteiger partial charge < -0.3 is 0 Å². The summed E-state index contributed by atoms with van der Waals surface area (Å²) in [5.41, 5.74) is -18.1. The molecule has 0 N–H and O–H groups in total. The molecule has 0 atom stereocenters. The van der Waals surface area contributed by atoms with Gasteiger partial charge >= 0.3 is 6.08 Å². The molecular formula is C26BF22-. The summed E-state index contributed by atoms with van der Waals surface area (Å²) < 4.78 is 324. The molecule has 4 aromatic carbocycles. The SMILES string of the molecule is FC(F)=C(F)c1c(F)c(F)c([B-](c2c(F)c(F)c(F)c(F)c2F)(c2c(F)c(F)c(F)c(F)c2F)c2c(F)c(F)c(F)c(F)c2F)c(F)c1F. The van der Waals surface area contributed by atoms with Crippen LogP contribution in [0.4, 0.5) is 96.6 Å². The molecule has 0 aliphatic heterocycles. The van der Waals surface area contributed by atoms with Crippen molar-refractivity contribution in [1.29, 1.82) is 0 Å². The van der Waals surface area contributed by atoms with Crippen molar-refractivity contribution in [3.63, 3.8) is 0 Å². The van der Waals surface area contributed by atoms with Gasteiger partial charge in [-0.2, -0.15) is 8.78 Å². The van der Waals surface area contributed by atoms with Crippen molar-refractivity contribution in [3.8, 4) is 0 Å². The van der Waals surface area contributed by atoms with Crippen molar-refractivity contribution in [2.24, 2.45) is 0 Å². The molecule has 49 heavy (non-hydrogen) atoms. The molecular weight excluding hydrogens is 741 g/mol. The van der Waals surface area contributed by atoms with Crippen molar-refractivity contribution in [1.82, 2.24) is 0 Å². The fourth-order valence-corrected chi connectivity index (χ4v) is 5.19. The third kappa shape index (κ3) is 4.82. The van der Waals surface area contributed by atoms with Gasteiger partial charge in [-0.25, -0.2) is 87.8 Å². The highest BCUT2D eigenvalue weighted by atomic mass is 19.3. The molecule has 0 heterocycles. The van der Waals surface area contributed by atoms with Gasteiger partial charge in [-0.15, -0.1) is 21.9 Å². The standard InChI is InChI=1S/C26BF22/c28-6-1(8(30)26(48)49)7(29)10(32)2(9(6)31)27(3-11(33)17(39)23(45)18(40)12(3)34,4-13(35)19(41)24(46)20(42)14(4)36)5-15(37)21(43)25(47)22(44)16(5)38/q-1. The van der Waals surface area contributed by atoms with Gasteiger partial charge in [0.15, 0.2) is 64.0 Å². The van der Waals surface area contributed by atoms with Gasteiger partial charge in [0.2, 0.25) is 5.83 Å². The Kier molecular flexibility index (Phi) is 9.23. The van der Waals surface area contributed by atoms with E-state index in [1.165, 1.54) is 0 Å². The van der Waals surface area contributed by atoms with Crippen LogP contribution < -0.4 is 21.9 Å². The second-order valence-electron chi connectivity index (χ2n) is 9.44. The molecule has 0 bridgehead atoms. The highest BCUT2D eigenvalue weighted by Gasteiger charge is 2.52. The first-order chi connectivity index (χ1) is 22.5. The van der Waals surface area contributed by atoms with Crippen LogP contribution in [0.5, 0.6) is 0 Å². The van der Waals surface area contributed by atoms with Gasteiger partial charge in [0.25, 0.3) is 0 Å². The number of hydrogen-bond acceptors (Lipinski definition) is 0. The smallest absolute Gasteiger partial charge is 0.207 e. The lowest BCUT2D eigenvalue weighted by Crippen LogP contribution is -2.81. The second-order valence-corrected chi connectivity index (χ2v) is 9.44. The summed E-state index contributed by atoms with van der Waals surface area (Å²) in [5.74, 6) is -73.9. The van der Waals surface area contributed by atoms with Crippen molar-refractivity contribution in [2.75, 3.05) is 0 Å². The molecule has 0 aromatic heterocycles. The molecule has 262 valence electrons. The maximum absolute atomic E-state index is 15.8. The molecule has 0 aliphatic rings. The second kappa shape index (κ2) is 12.2. The molecule has 0 amide bonds. The van der Waals surface area contributed by atoms with Crippen molar-refractivity contribution in [3.05, 3.63) is 122 Å². The average Bonchev–Trinajstić information content (AvgIpc) is 3.05. The minimum atomic E-state index is -7.42. The Balaban J connectivity index is 2.70. The minimum Gasteiger partial charge on any atom is -0.207 e. The highest BCUT2D eigenvalue weighted by Crippen LogP contribution is 2.34. The largest absolute Gasteiger partial charge is 0.306 e. The van der Waals surface area contributed by atoms with Crippen LogP contribution in [-0.4, -0.2) is 6.15 Å². The van der Waals surface area contributed by atoms with Crippen molar-refractivity contribution < 1.29 is 96.6 Å². The van der Waals surface area contributed by atoms with Gasteiger partial charge in [-0.3, -0.25) is 0 Å². The Bertz CT molecular complexity index is 1870. The molecule has 0 unspecified atom stereocenters. The summed E-state index contributed by atoms with van der Waals surface area (Å²) >= 11 is 0. The first kappa shape index (κ1) is 37.0. The Morgan fingerprint density at radius 1 is 0.245 bits per heavy atom. The Morgan fingerprint density at radius 2 is 0.408 bits per heavy atom. The first-order valence-corrected chi connectivity index (χ1v) is 11.8. The summed E-state index contributed by atoms with van der Waals surface area (Å²) in [5, 5.41) is 0. The van der Waals surface area contributed by atoms with Crippen molar-refractivity contribution in [2.45, 2.75) is 0 Å². The molecule has 0 nitrogen and oxygen atoms in total. The van der Waals surface area contributed by atoms with Gasteiger partial charge in [0, 0.05) is 0 Å².